The van der Waals surface area contributed by atoms with Crippen LogP contribution in [0.2, 0.25) is 0 Å². The number of benzene rings is 2. The van der Waals surface area contributed by atoms with Crippen LogP contribution in [0.25, 0.3) is 11.4 Å². The van der Waals surface area contributed by atoms with Gasteiger partial charge in [0, 0.05) is 24.7 Å². The summed E-state index contributed by atoms with van der Waals surface area (Å²) in [6, 6.07) is 14.2. The lowest BCUT2D eigenvalue weighted by Crippen LogP contribution is -2.19. The molecule has 1 N–H and O–H groups in total. The van der Waals surface area contributed by atoms with Crippen molar-refractivity contribution in [2.75, 3.05) is 5.75 Å². The minimum absolute atomic E-state index is 0.0224. The fraction of sp³-hybridized carbons (Fsp3) is 0.238. The summed E-state index contributed by atoms with van der Waals surface area (Å²) in [4.78, 5) is 22.6. The van der Waals surface area contributed by atoms with Crippen molar-refractivity contribution in [3.8, 4) is 11.4 Å². The molecule has 3 rings (SSSR count). The van der Waals surface area contributed by atoms with Crippen LogP contribution >= 0.6 is 11.8 Å². The van der Waals surface area contributed by atoms with E-state index in [2.05, 4.69) is 34.6 Å². The molecule has 2 aromatic carbocycles. The zero-order chi connectivity index (χ0) is 22.4. The lowest BCUT2D eigenvalue weighted by Gasteiger charge is -2.05. The molecule has 0 aliphatic carbocycles. The first-order valence-corrected chi connectivity index (χ1v) is 10.5. The summed E-state index contributed by atoms with van der Waals surface area (Å²) < 4.78 is 1.69. The molecule has 0 aliphatic heterocycles. The standard InChI is InChI=1S/C21H22N6O3S/c1-14(2)16-9-7-15(8-10-16)12-22-23-19(28)13-31-21-25-24-20(26(21)3)17-5-4-6-18(11-17)27(29)30/h4-12,14H,13H2,1-3H3,(H,23,28)/b22-12+. The number of nitrogens with one attached hydrogen (secondary N) is 1. The number of amides is 1. The van der Waals surface area contributed by atoms with Crippen LogP contribution in [0, 0.1) is 10.1 Å². The second-order valence-electron chi connectivity index (χ2n) is 7.08. The largest absolute Gasteiger partial charge is 0.305 e. The average molecular weight is 439 g/mol. The Hall–Kier alpha value is -3.53. The van der Waals surface area contributed by atoms with Crippen LogP contribution in [0.3, 0.4) is 0 Å². The summed E-state index contributed by atoms with van der Waals surface area (Å²) in [5.41, 5.74) is 5.19. The Labute approximate surface area is 183 Å². The molecule has 3 aromatic rings. The van der Waals surface area contributed by atoms with Gasteiger partial charge in [0.15, 0.2) is 11.0 Å². The van der Waals surface area contributed by atoms with Crippen molar-refractivity contribution in [3.63, 3.8) is 0 Å². The number of hydrazone groups is 1. The van der Waals surface area contributed by atoms with Crippen molar-refractivity contribution in [2.45, 2.75) is 24.9 Å². The van der Waals surface area contributed by atoms with E-state index in [0.717, 1.165) is 5.56 Å². The summed E-state index contributed by atoms with van der Waals surface area (Å²) in [5.74, 6) is 0.764. The molecule has 0 bridgehead atoms. The number of hydrogen-bond acceptors (Lipinski definition) is 7. The van der Waals surface area contributed by atoms with Crippen molar-refractivity contribution in [1.29, 1.82) is 0 Å². The van der Waals surface area contributed by atoms with E-state index >= 15 is 0 Å². The molecule has 1 heterocycles. The fourth-order valence-corrected chi connectivity index (χ4v) is 3.46. The second kappa shape index (κ2) is 9.98. The lowest BCUT2D eigenvalue weighted by molar-refractivity contribution is -0.384. The Bertz CT molecular complexity index is 1110. The van der Waals surface area contributed by atoms with Gasteiger partial charge in [-0.25, -0.2) is 5.43 Å². The van der Waals surface area contributed by atoms with Gasteiger partial charge in [0.2, 0.25) is 0 Å². The summed E-state index contributed by atoms with van der Waals surface area (Å²) in [7, 11) is 1.74. The predicted octanol–water partition coefficient (Wildman–Crippen LogP) is 3.76. The van der Waals surface area contributed by atoms with Crippen LogP contribution in [0.4, 0.5) is 5.69 Å². The van der Waals surface area contributed by atoms with E-state index in [1.54, 1.807) is 30.0 Å². The van der Waals surface area contributed by atoms with Crippen molar-refractivity contribution in [2.24, 2.45) is 12.1 Å². The van der Waals surface area contributed by atoms with Crippen molar-refractivity contribution in [3.05, 3.63) is 69.8 Å². The SMILES string of the molecule is CC(C)c1ccc(/C=N/NC(=O)CSc2nnc(-c3cccc([N+](=O)[O-])c3)n2C)cc1. The number of nitro groups is 1. The molecule has 0 unspecified atom stereocenters. The van der Waals surface area contributed by atoms with Crippen LogP contribution < -0.4 is 5.43 Å². The van der Waals surface area contributed by atoms with E-state index in [0.29, 0.717) is 22.5 Å². The molecule has 0 fully saturated rings. The van der Waals surface area contributed by atoms with Crippen LogP contribution in [0.1, 0.15) is 30.9 Å². The van der Waals surface area contributed by atoms with Gasteiger partial charge in [-0.2, -0.15) is 5.10 Å². The fourth-order valence-electron chi connectivity index (χ4n) is 2.76. The van der Waals surface area contributed by atoms with Crippen LogP contribution in [0.15, 0.2) is 58.8 Å². The van der Waals surface area contributed by atoms with E-state index in [9.17, 15) is 14.9 Å². The molecule has 9 nitrogen and oxygen atoms in total. The third-order valence-electron chi connectivity index (χ3n) is 4.49. The predicted molar refractivity (Wildman–Crippen MR) is 120 cm³/mol. The molecule has 0 radical (unpaired) electrons. The first kappa shape index (κ1) is 22.2. The number of thioether (sulfide) groups is 1. The minimum atomic E-state index is -0.459. The third-order valence-corrected chi connectivity index (χ3v) is 5.51. The number of carbonyl (C=O) groups excluding carboxylic acids is 1. The van der Waals surface area contributed by atoms with Crippen LogP contribution in [-0.2, 0) is 11.8 Å². The van der Waals surface area contributed by atoms with E-state index in [4.69, 9.17) is 0 Å². The highest BCUT2D eigenvalue weighted by atomic mass is 32.2. The minimum Gasteiger partial charge on any atom is -0.305 e. The average Bonchev–Trinajstić information content (AvgIpc) is 3.13. The second-order valence-corrected chi connectivity index (χ2v) is 8.02. The monoisotopic (exact) mass is 438 g/mol. The number of rotatable bonds is 8. The first-order valence-electron chi connectivity index (χ1n) is 9.54. The molecule has 1 aromatic heterocycles. The van der Waals surface area contributed by atoms with Gasteiger partial charge in [-0.05, 0) is 17.0 Å². The van der Waals surface area contributed by atoms with E-state index in [1.807, 2.05) is 24.3 Å². The number of aromatic nitrogens is 3. The summed E-state index contributed by atoms with van der Waals surface area (Å²) in [5, 5.41) is 23.6. The summed E-state index contributed by atoms with van der Waals surface area (Å²) >= 11 is 1.20. The Kier molecular flexibility index (Phi) is 7.14. The maximum atomic E-state index is 12.1. The number of nitro benzene ring substituents is 1. The highest BCUT2D eigenvalue weighted by molar-refractivity contribution is 7.99. The maximum absolute atomic E-state index is 12.1. The van der Waals surface area contributed by atoms with Gasteiger partial charge in [-0.3, -0.25) is 14.9 Å². The Morgan fingerprint density at radius 3 is 2.68 bits per heavy atom. The molecule has 0 saturated carbocycles. The summed E-state index contributed by atoms with van der Waals surface area (Å²) in [6.45, 7) is 4.26. The van der Waals surface area contributed by atoms with Crippen molar-refractivity contribution in [1.82, 2.24) is 20.2 Å². The Morgan fingerprint density at radius 2 is 2.00 bits per heavy atom. The normalized spacial score (nSPS) is 11.2. The Morgan fingerprint density at radius 1 is 1.26 bits per heavy atom. The topological polar surface area (TPSA) is 115 Å². The van der Waals surface area contributed by atoms with Crippen molar-refractivity contribution >= 4 is 29.6 Å². The first-order chi connectivity index (χ1) is 14.8. The van der Waals surface area contributed by atoms with Gasteiger partial charge < -0.3 is 4.57 Å². The number of nitrogens with zero attached hydrogens (tertiary/aromatic N) is 5. The molecule has 160 valence electrons. The van der Waals surface area contributed by atoms with Gasteiger partial charge in [-0.15, -0.1) is 10.2 Å². The van der Waals surface area contributed by atoms with Gasteiger partial charge in [-0.1, -0.05) is 62.0 Å². The van der Waals surface area contributed by atoms with Gasteiger partial charge in [0.25, 0.3) is 11.6 Å². The highest BCUT2D eigenvalue weighted by Crippen LogP contribution is 2.25. The molecular weight excluding hydrogens is 416 g/mol. The van der Waals surface area contributed by atoms with Crippen LogP contribution in [-0.4, -0.2) is 37.6 Å². The molecule has 31 heavy (non-hydrogen) atoms. The molecule has 0 atom stereocenters. The van der Waals surface area contributed by atoms with Crippen molar-refractivity contribution < 1.29 is 9.72 Å². The van der Waals surface area contributed by atoms with Crippen LogP contribution in [0.5, 0.6) is 0 Å². The molecule has 0 saturated heterocycles. The van der Waals surface area contributed by atoms with E-state index in [-0.39, 0.29) is 17.3 Å². The van der Waals surface area contributed by atoms with Gasteiger partial charge in [0.05, 0.1) is 16.9 Å². The van der Waals surface area contributed by atoms with Gasteiger partial charge >= 0.3 is 0 Å². The maximum Gasteiger partial charge on any atom is 0.270 e. The number of hydrogen-bond donors (Lipinski definition) is 1. The van der Waals surface area contributed by atoms with Gasteiger partial charge in [0.1, 0.15) is 0 Å². The molecule has 1 amide bonds. The molecule has 10 heteroatoms. The van der Waals surface area contributed by atoms with E-state index < -0.39 is 4.92 Å². The number of non-ortho nitro benzene ring substituents is 1. The quantitative estimate of drug-likeness (QED) is 0.248. The van der Waals surface area contributed by atoms with E-state index in [1.165, 1.54) is 29.5 Å². The zero-order valence-electron chi connectivity index (χ0n) is 17.3. The Balaban J connectivity index is 1.56. The smallest absolute Gasteiger partial charge is 0.270 e. The zero-order valence-corrected chi connectivity index (χ0v) is 18.2. The lowest BCUT2D eigenvalue weighted by atomic mass is 10.0. The highest BCUT2D eigenvalue weighted by Gasteiger charge is 2.15. The molecule has 0 spiro atoms. The molecule has 0 aliphatic rings. The third kappa shape index (κ3) is 5.76. The molecular formula is C21H22N6O3S. The summed E-state index contributed by atoms with van der Waals surface area (Å²) in [6.07, 6.45) is 1.59. The number of carbonyl (C=O) groups is 1.